The van der Waals surface area contributed by atoms with Crippen molar-refractivity contribution in [1.82, 2.24) is 4.90 Å². The Kier molecular flexibility index (Phi) is 5.49. The van der Waals surface area contributed by atoms with E-state index in [0.717, 1.165) is 22.6 Å². The number of likely N-dealkylation sites (N-methyl/N-ethyl adjacent to an activating group) is 1. The van der Waals surface area contributed by atoms with Crippen LogP contribution in [0, 0.1) is 0 Å². The summed E-state index contributed by atoms with van der Waals surface area (Å²) in [4.78, 5) is 19.5. The first kappa shape index (κ1) is 19.0. The van der Waals surface area contributed by atoms with Crippen LogP contribution in [0.5, 0.6) is 5.75 Å². The van der Waals surface area contributed by atoms with E-state index in [-0.39, 0.29) is 5.91 Å². The van der Waals surface area contributed by atoms with E-state index in [1.807, 2.05) is 60.7 Å². The third-order valence-electron chi connectivity index (χ3n) is 4.62. The van der Waals surface area contributed by atoms with Crippen LogP contribution in [0.25, 0.3) is 17.2 Å². The molecule has 1 heterocycles. The molecular weight excluding hydrogens is 380 g/mol. The van der Waals surface area contributed by atoms with Crippen LogP contribution < -0.4 is 4.74 Å². The molecule has 1 aliphatic heterocycles. The summed E-state index contributed by atoms with van der Waals surface area (Å²) in [5, 5.41) is 0.660. The lowest BCUT2D eigenvalue weighted by atomic mass is 10.0. The van der Waals surface area contributed by atoms with E-state index >= 15 is 0 Å². The first-order valence-corrected chi connectivity index (χ1v) is 10.0. The molecule has 0 bridgehead atoms. The van der Waals surface area contributed by atoms with Crippen LogP contribution >= 0.6 is 11.8 Å². The highest BCUT2D eigenvalue weighted by molar-refractivity contribution is 8.18. The summed E-state index contributed by atoms with van der Waals surface area (Å²) in [7, 11) is 3.38. The van der Waals surface area contributed by atoms with E-state index in [9.17, 15) is 4.79 Å². The van der Waals surface area contributed by atoms with Crippen molar-refractivity contribution in [3.63, 3.8) is 0 Å². The van der Waals surface area contributed by atoms with Crippen LogP contribution in [-0.4, -0.2) is 30.1 Å². The minimum Gasteiger partial charge on any atom is -0.497 e. The normalized spacial score (nSPS) is 16.6. The summed E-state index contributed by atoms with van der Waals surface area (Å²) in [5.74, 6) is 0.728. The molecule has 4 rings (SSSR count). The number of methoxy groups -OCH3 is 1. The van der Waals surface area contributed by atoms with E-state index in [4.69, 9.17) is 4.74 Å². The molecule has 0 spiro atoms. The van der Waals surface area contributed by atoms with Crippen molar-refractivity contribution in [2.24, 2.45) is 4.99 Å². The number of benzene rings is 3. The Morgan fingerprint density at radius 2 is 1.55 bits per heavy atom. The summed E-state index contributed by atoms with van der Waals surface area (Å²) in [6, 6.07) is 25.9. The van der Waals surface area contributed by atoms with Crippen molar-refractivity contribution in [3.05, 3.63) is 89.3 Å². The highest BCUT2D eigenvalue weighted by Gasteiger charge is 2.30. The van der Waals surface area contributed by atoms with Gasteiger partial charge in [-0.25, -0.2) is 4.99 Å². The second-order valence-corrected chi connectivity index (χ2v) is 7.56. The number of hydrogen-bond donors (Lipinski definition) is 0. The maximum Gasteiger partial charge on any atom is 0.266 e. The van der Waals surface area contributed by atoms with Gasteiger partial charge in [-0.15, -0.1) is 0 Å². The zero-order valence-electron chi connectivity index (χ0n) is 16.2. The summed E-state index contributed by atoms with van der Waals surface area (Å²) >= 11 is 1.38. The van der Waals surface area contributed by atoms with Gasteiger partial charge in [-0.3, -0.25) is 9.69 Å². The monoisotopic (exact) mass is 400 g/mol. The third-order valence-corrected chi connectivity index (χ3v) is 5.68. The molecule has 1 fully saturated rings. The predicted octanol–water partition coefficient (Wildman–Crippen LogP) is 5.60. The van der Waals surface area contributed by atoms with E-state index in [1.54, 1.807) is 19.1 Å². The number of rotatable bonds is 4. The Morgan fingerprint density at radius 3 is 2.21 bits per heavy atom. The zero-order chi connectivity index (χ0) is 20.2. The van der Waals surface area contributed by atoms with E-state index in [1.165, 1.54) is 17.3 Å². The van der Waals surface area contributed by atoms with E-state index in [2.05, 4.69) is 29.3 Å². The number of nitrogens with zero attached hydrogens (tertiary/aromatic N) is 2. The first-order valence-electron chi connectivity index (χ1n) is 9.20. The van der Waals surface area contributed by atoms with Crippen molar-refractivity contribution in [3.8, 4) is 16.9 Å². The molecule has 3 aromatic rings. The number of amides is 1. The minimum absolute atomic E-state index is 0.0469. The highest BCUT2D eigenvalue weighted by atomic mass is 32.2. The van der Waals surface area contributed by atoms with Gasteiger partial charge in [0.15, 0.2) is 5.17 Å². The van der Waals surface area contributed by atoms with Gasteiger partial charge < -0.3 is 4.74 Å². The van der Waals surface area contributed by atoms with E-state index in [0.29, 0.717) is 10.1 Å². The van der Waals surface area contributed by atoms with Crippen LogP contribution in [0.15, 0.2) is 88.8 Å². The molecule has 1 amide bonds. The molecule has 4 nitrogen and oxygen atoms in total. The molecule has 29 heavy (non-hydrogen) atoms. The average molecular weight is 401 g/mol. The van der Waals surface area contributed by atoms with Crippen LogP contribution in [0.1, 0.15) is 5.56 Å². The Balaban J connectivity index is 1.54. The number of ether oxygens (including phenoxy) is 1. The number of carbonyl (C=O) groups is 1. The molecule has 1 saturated heterocycles. The Morgan fingerprint density at radius 1 is 0.897 bits per heavy atom. The summed E-state index contributed by atoms with van der Waals surface area (Å²) in [6.45, 7) is 0. The fourth-order valence-electron chi connectivity index (χ4n) is 2.97. The molecule has 1 aliphatic rings. The smallest absolute Gasteiger partial charge is 0.266 e. The summed E-state index contributed by atoms with van der Waals surface area (Å²) in [6.07, 6.45) is 1.91. The maximum atomic E-state index is 12.6. The van der Waals surface area contributed by atoms with Gasteiger partial charge in [0, 0.05) is 7.05 Å². The molecule has 0 aromatic heterocycles. The molecule has 0 unspecified atom stereocenters. The van der Waals surface area contributed by atoms with Gasteiger partial charge in [-0.1, -0.05) is 54.6 Å². The second-order valence-electron chi connectivity index (χ2n) is 6.56. The SMILES string of the molecule is COc1ccc(/N=C2/S/C(=C\c3ccc(-c4ccccc4)cc3)C(=O)N2C)cc1. The number of carbonyl (C=O) groups excluding carboxylic acids is 1. The fourth-order valence-corrected chi connectivity index (χ4v) is 3.96. The van der Waals surface area contributed by atoms with Crippen LogP contribution in [0.3, 0.4) is 0 Å². The molecule has 0 aliphatic carbocycles. The lowest BCUT2D eigenvalue weighted by Gasteiger charge is -2.07. The van der Waals surface area contributed by atoms with Gasteiger partial charge in [-0.2, -0.15) is 0 Å². The molecule has 0 radical (unpaired) electrons. The Labute approximate surface area is 174 Å². The third kappa shape index (κ3) is 4.25. The van der Waals surface area contributed by atoms with Gasteiger partial charge in [0.1, 0.15) is 5.75 Å². The van der Waals surface area contributed by atoms with Crippen molar-refractivity contribution in [2.45, 2.75) is 0 Å². The molecule has 3 aromatic carbocycles. The topological polar surface area (TPSA) is 41.9 Å². The van der Waals surface area contributed by atoms with Gasteiger partial charge in [0.05, 0.1) is 17.7 Å². The summed E-state index contributed by atoms with van der Waals surface area (Å²) in [5.41, 5.74) is 4.09. The minimum atomic E-state index is -0.0469. The van der Waals surface area contributed by atoms with Crippen LogP contribution in [0.2, 0.25) is 0 Å². The number of thioether (sulfide) groups is 1. The maximum absolute atomic E-state index is 12.6. The number of hydrogen-bond acceptors (Lipinski definition) is 4. The largest absolute Gasteiger partial charge is 0.497 e. The lowest BCUT2D eigenvalue weighted by Crippen LogP contribution is -2.23. The van der Waals surface area contributed by atoms with Gasteiger partial charge in [-0.05, 0) is 58.8 Å². The fraction of sp³-hybridized carbons (Fsp3) is 0.0833. The van der Waals surface area contributed by atoms with Crippen LogP contribution in [0.4, 0.5) is 5.69 Å². The molecular formula is C24H20N2O2S. The standard InChI is InChI=1S/C24H20N2O2S/c1-26-23(27)22(29-24(26)25-20-12-14-21(28-2)15-13-20)16-17-8-10-19(11-9-17)18-6-4-3-5-7-18/h3-16H,1-2H3/b22-16-,25-24+. The van der Waals surface area contributed by atoms with Gasteiger partial charge in [0.2, 0.25) is 0 Å². The average Bonchev–Trinajstić information content (AvgIpc) is 3.03. The Hall–Kier alpha value is -3.31. The van der Waals surface area contributed by atoms with Crippen molar-refractivity contribution < 1.29 is 9.53 Å². The lowest BCUT2D eigenvalue weighted by molar-refractivity contribution is -0.121. The molecule has 144 valence electrons. The highest BCUT2D eigenvalue weighted by Crippen LogP contribution is 2.33. The number of amidine groups is 1. The van der Waals surface area contributed by atoms with Crippen LogP contribution in [-0.2, 0) is 4.79 Å². The second kappa shape index (κ2) is 8.37. The molecule has 0 saturated carbocycles. The Bertz CT molecular complexity index is 1070. The van der Waals surface area contributed by atoms with E-state index < -0.39 is 0 Å². The van der Waals surface area contributed by atoms with Gasteiger partial charge >= 0.3 is 0 Å². The molecule has 5 heteroatoms. The molecule has 0 atom stereocenters. The summed E-state index contributed by atoms with van der Waals surface area (Å²) < 4.78 is 5.17. The van der Waals surface area contributed by atoms with Crippen molar-refractivity contribution in [2.75, 3.05) is 14.2 Å². The van der Waals surface area contributed by atoms with Gasteiger partial charge in [0.25, 0.3) is 5.91 Å². The van der Waals surface area contributed by atoms with Crippen molar-refractivity contribution >= 4 is 34.6 Å². The molecule has 0 N–H and O–H groups in total. The van der Waals surface area contributed by atoms with Crippen molar-refractivity contribution in [1.29, 1.82) is 0 Å². The first-order chi connectivity index (χ1) is 14.1. The quantitative estimate of drug-likeness (QED) is 0.536. The predicted molar refractivity (Wildman–Crippen MR) is 120 cm³/mol. The zero-order valence-corrected chi connectivity index (χ0v) is 17.0. The number of aliphatic imine (C=N–C) groups is 1.